The molecule has 2 aromatic carbocycles. The number of rotatable bonds is 6. The van der Waals surface area contributed by atoms with Crippen molar-refractivity contribution in [3.63, 3.8) is 0 Å². The van der Waals surface area contributed by atoms with Gasteiger partial charge in [-0.2, -0.15) is 0 Å². The van der Waals surface area contributed by atoms with Gasteiger partial charge in [0.2, 0.25) is 5.88 Å². The van der Waals surface area contributed by atoms with Crippen molar-refractivity contribution in [1.82, 2.24) is 14.5 Å². The van der Waals surface area contributed by atoms with E-state index in [1.54, 1.807) is 31.4 Å². The van der Waals surface area contributed by atoms with Crippen LogP contribution < -0.4 is 10.3 Å². The van der Waals surface area contributed by atoms with Crippen molar-refractivity contribution in [2.75, 3.05) is 20.2 Å². The smallest absolute Gasteiger partial charge is 0.264 e. The van der Waals surface area contributed by atoms with Gasteiger partial charge in [0, 0.05) is 31.9 Å². The second kappa shape index (κ2) is 9.93. The summed E-state index contributed by atoms with van der Waals surface area (Å²) in [4.78, 5) is 22.1. The Bertz CT molecular complexity index is 1210. The van der Waals surface area contributed by atoms with Crippen molar-refractivity contribution >= 4 is 18.4 Å². The van der Waals surface area contributed by atoms with E-state index in [2.05, 4.69) is 39.1 Å². The lowest BCUT2D eigenvalue weighted by Gasteiger charge is -2.30. The third-order valence-electron chi connectivity index (χ3n) is 5.65. The standard InChI is InChI=1S/C24H26N4O3S/c1-31-20-9-5-8-19(14-20)28-23(30)21(22(29)26-24(28)32)15-25-18-10-12-27(13-11-18)16-17-6-3-2-4-7-17/h2-9,14-15,18,30H,10-13,16H2,1H3,(H,26,29,32). The number of hydrogen-bond acceptors (Lipinski definition) is 6. The lowest BCUT2D eigenvalue weighted by atomic mass is 10.0. The van der Waals surface area contributed by atoms with E-state index in [-0.39, 0.29) is 22.3 Å². The number of aromatic nitrogens is 2. The SMILES string of the molecule is COc1cccc(-n2c(O)c(C=NC3CCN(Cc4ccccc4)CC3)c(=O)[nH]c2=S)c1. The third-order valence-corrected chi connectivity index (χ3v) is 5.94. The van der Waals surface area contributed by atoms with Gasteiger partial charge in [0.25, 0.3) is 5.56 Å². The van der Waals surface area contributed by atoms with Crippen molar-refractivity contribution in [3.05, 3.63) is 80.8 Å². The fraction of sp³-hybridized carbons (Fsp3) is 0.292. The van der Waals surface area contributed by atoms with Gasteiger partial charge in [-0.05, 0) is 42.8 Å². The molecular formula is C24H26N4O3S. The largest absolute Gasteiger partial charge is 0.497 e. The van der Waals surface area contributed by atoms with Crippen molar-refractivity contribution in [2.45, 2.75) is 25.4 Å². The first-order valence-corrected chi connectivity index (χ1v) is 11.0. The van der Waals surface area contributed by atoms with Gasteiger partial charge < -0.3 is 9.84 Å². The van der Waals surface area contributed by atoms with Crippen LogP contribution in [0.1, 0.15) is 24.0 Å². The first kappa shape index (κ1) is 22.0. The predicted octanol–water partition coefficient (Wildman–Crippen LogP) is 3.69. The molecule has 32 heavy (non-hydrogen) atoms. The molecule has 7 nitrogen and oxygen atoms in total. The summed E-state index contributed by atoms with van der Waals surface area (Å²) < 4.78 is 6.76. The summed E-state index contributed by atoms with van der Waals surface area (Å²) in [5, 5.41) is 10.8. The van der Waals surface area contributed by atoms with Crippen LogP contribution in [0.3, 0.4) is 0 Å². The molecule has 0 radical (unpaired) electrons. The number of likely N-dealkylation sites (tertiary alicyclic amines) is 1. The summed E-state index contributed by atoms with van der Waals surface area (Å²) >= 11 is 5.28. The topological polar surface area (TPSA) is 82.8 Å². The highest BCUT2D eigenvalue weighted by Crippen LogP contribution is 2.23. The normalized spacial score (nSPS) is 15.3. The fourth-order valence-corrected chi connectivity index (χ4v) is 4.18. The van der Waals surface area contributed by atoms with Crippen molar-refractivity contribution in [1.29, 1.82) is 0 Å². The highest BCUT2D eigenvalue weighted by Gasteiger charge is 2.19. The highest BCUT2D eigenvalue weighted by molar-refractivity contribution is 7.71. The van der Waals surface area contributed by atoms with Crippen LogP contribution in [0.5, 0.6) is 11.6 Å². The minimum absolute atomic E-state index is 0.0909. The van der Waals surface area contributed by atoms with E-state index in [1.165, 1.54) is 16.3 Å². The zero-order chi connectivity index (χ0) is 22.5. The average molecular weight is 451 g/mol. The van der Waals surface area contributed by atoms with Crippen LogP contribution in [0.15, 0.2) is 64.4 Å². The number of benzene rings is 2. The van der Waals surface area contributed by atoms with Crippen LogP contribution in [-0.2, 0) is 6.54 Å². The van der Waals surface area contributed by atoms with Gasteiger partial charge in [0.15, 0.2) is 4.77 Å². The summed E-state index contributed by atoms with van der Waals surface area (Å²) in [6.07, 6.45) is 3.27. The first-order valence-electron chi connectivity index (χ1n) is 10.6. The van der Waals surface area contributed by atoms with Gasteiger partial charge >= 0.3 is 0 Å². The number of piperidine rings is 1. The second-order valence-corrected chi connectivity index (χ2v) is 8.19. The van der Waals surface area contributed by atoms with Gasteiger partial charge in [0.1, 0.15) is 11.3 Å². The van der Waals surface area contributed by atoms with Gasteiger partial charge in [-0.15, -0.1) is 0 Å². The molecule has 0 atom stereocenters. The summed E-state index contributed by atoms with van der Waals surface area (Å²) in [5.41, 5.74) is 1.52. The molecule has 1 saturated heterocycles. The number of aliphatic imine (C=N–C) groups is 1. The van der Waals surface area contributed by atoms with Gasteiger partial charge in [-0.3, -0.25) is 24.2 Å². The Morgan fingerprint density at radius 3 is 2.66 bits per heavy atom. The zero-order valence-corrected chi connectivity index (χ0v) is 18.7. The van der Waals surface area contributed by atoms with Crippen molar-refractivity contribution in [2.24, 2.45) is 4.99 Å². The minimum atomic E-state index is -0.461. The Morgan fingerprint density at radius 1 is 1.19 bits per heavy atom. The quantitative estimate of drug-likeness (QED) is 0.442. The number of aromatic amines is 1. The Kier molecular flexibility index (Phi) is 6.82. The number of aromatic hydroxyl groups is 1. The molecule has 0 aliphatic carbocycles. The van der Waals surface area contributed by atoms with Crippen molar-refractivity contribution < 1.29 is 9.84 Å². The Hall–Kier alpha value is -3.23. The Balaban J connectivity index is 1.50. The molecule has 8 heteroatoms. The van der Waals surface area contributed by atoms with Crippen LogP contribution in [0.4, 0.5) is 0 Å². The van der Waals surface area contributed by atoms with Crippen LogP contribution >= 0.6 is 12.2 Å². The van der Waals surface area contributed by atoms with Crippen molar-refractivity contribution in [3.8, 4) is 17.3 Å². The first-order chi connectivity index (χ1) is 15.5. The number of nitrogens with zero attached hydrogens (tertiary/aromatic N) is 3. The summed E-state index contributed by atoms with van der Waals surface area (Å²) in [6, 6.07) is 17.6. The van der Waals surface area contributed by atoms with E-state index >= 15 is 0 Å². The molecule has 1 aliphatic heterocycles. The summed E-state index contributed by atoms with van der Waals surface area (Å²) in [7, 11) is 1.56. The number of nitrogens with one attached hydrogen (secondary N) is 1. The maximum absolute atomic E-state index is 12.5. The van der Waals surface area contributed by atoms with Crippen LogP contribution in [0.25, 0.3) is 5.69 Å². The van der Waals surface area contributed by atoms with E-state index in [0.717, 1.165) is 32.5 Å². The Labute approximate surface area is 191 Å². The van der Waals surface area contributed by atoms with Gasteiger partial charge in [-0.1, -0.05) is 36.4 Å². The molecule has 166 valence electrons. The highest BCUT2D eigenvalue weighted by atomic mass is 32.1. The van der Waals surface area contributed by atoms with Crippen LogP contribution in [0, 0.1) is 4.77 Å². The van der Waals surface area contributed by atoms with E-state index in [9.17, 15) is 9.90 Å². The maximum Gasteiger partial charge on any atom is 0.264 e. The second-order valence-electron chi connectivity index (χ2n) is 7.80. The average Bonchev–Trinajstić information content (AvgIpc) is 2.80. The van der Waals surface area contributed by atoms with Crippen LogP contribution in [-0.4, -0.2) is 52.0 Å². The molecule has 1 aromatic heterocycles. The number of H-pyrrole nitrogens is 1. The monoisotopic (exact) mass is 450 g/mol. The van der Waals surface area contributed by atoms with Gasteiger partial charge in [-0.25, -0.2) is 0 Å². The molecule has 0 saturated carbocycles. The van der Waals surface area contributed by atoms with Gasteiger partial charge in [0.05, 0.1) is 18.8 Å². The number of hydrogen-bond donors (Lipinski definition) is 2. The molecule has 1 fully saturated rings. The molecule has 4 rings (SSSR count). The molecule has 0 amide bonds. The third kappa shape index (κ3) is 4.98. The lowest BCUT2D eigenvalue weighted by molar-refractivity contribution is 0.206. The molecule has 3 aromatic rings. The van der Waals surface area contributed by atoms with E-state index < -0.39 is 5.56 Å². The molecule has 2 N–H and O–H groups in total. The molecule has 0 bridgehead atoms. The number of ether oxygens (including phenoxy) is 1. The maximum atomic E-state index is 12.5. The fourth-order valence-electron chi connectivity index (χ4n) is 3.89. The van der Waals surface area contributed by atoms with E-state index in [0.29, 0.717) is 11.4 Å². The molecule has 1 aliphatic rings. The zero-order valence-electron chi connectivity index (χ0n) is 17.9. The lowest BCUT2D eigenvalue weighted by Crippen LogP contribution is -2.34. The minimum Gasteiger partial charge on any atom is -0.497 e. The molecule has 2 heterocycles. The Morgan fingerprint density at radius 2 is 1.94 bits per heavy atom. The van der Waals surface area contributed by atoms with Crippen LogP contribution in [0.2, 0.25) is 0 Å². The molecule has 0 unspecified atom stereocenters. The molecular weight excluding hydrogens is 424 g/mol. The molecule has 0 spiro atoms. The summed E-state index contributed by atoms with van der Waals surface area (Å²) in [6.45, 7) is 2.81. The summed E-state index contributed by atoms with van der Waals surface area (Å²) in [5.74, 6) is 0.379. The predicted molar refractivity (Wildman–Crippen MR) is 128 cm³/mol. The number of methoxy groups -OCH3 is 1. The van der Waals surface area contributed by atoms with E-state index in [4.69, 9.17) is 17.0 Å². The van der Waals surface area contributed by atoms with E-state index in [1.807, 2.05) is 6.07 Å².